The molecule has 0 radical (unpaired) electrons. The lowest BCUT2D eigenvalue weighted by atomic mass is 10.1. The number of nitrogens with zero attached hydrogens (tertiary/aromatic N) is 5. The van der Waals surface area contributed by atoms with Gasteiger partial charge in [0.1, 0.15) is 5.69 Å². The van der Waals surface area contributed by atoms with Crippen molar-refractivity contribution in [2.75, 3.05) is 31.1 Å². The molecule has 136 valence electrons. The summed E-state index contributed by atoms with van der Waals surface area (Å²) in [6.45, 7) is 10.00. The van der Waals surface area contributed by atoms with Gasteiger partial charge in [-0.1, -0.05) is 17.4 Å². The predicted octanol–water partition coefficient (Wildman–Crippen LogP) is 3.09. The lowest BCUT2D eigenvalue weighted by Crippen LogP contribution is -2.49. The topological polar surface area (TPSA) is 54.3 Å². The van der Waals surface area contributed by atoms with Crippen LogP contribution >= 0.6 is 11.3 Å². The van der Waals surface area contributed by atoms with Crippen LogP contribution in [0.2, 0.25) is 0 Å². The summed E-state index contributed by atoms with van der Waals surface area (Å²) in [4.78, 5) is 21.8. The number of amides is 1. The fourth-order valence-electron chi connectivity index (χ4n) is 3.53. The van der Waals surface area contributed by atoms with Gasteiger partial charge < -0.3 is 9.80 Å². The van der Waals surface area contributed by atoms with E-state index in [1.807, 2.05) is 11.8 Å². The van der Waals surface area contributed by atoms with Crippen molar-refractivity contribution >= 4 is 32.6 Å². The van der Waals surface area contributed by atoms with E-state index in [-0.39, 0.29) is 5.91 Å². The first-order chi connectivity index (χ1) is 12.6. The van der Waals surface area contributed by atoms with Crippen LogP contribution in [0.15, 0.2) is 24.4 Å². The molecule has 0 atom stereocenters. The lowest BCUT2D eigenvalue weighted by molar-refractivity contribution is 0.0734. The van der Waals surface area contributed by atoms with Crippen LogP contribution in [0.25, 0.3) is 10.2 Å². The van der Waals surface area contributed by atoms with Crippen molar-refractivity contribution in [1.82, 2.24) is 19.7 Å². The highest BCUT2D eigenvalue weighted by Gasteiger charge is 2.25. The molecule has 0 spiro atoms. The Morgan fingerprint density at radius 2 is 1.96 bits per heavy atom. The molecule has 0 saturated carbocycles. The number of rotatable bonds is 3. The number of anilines is 1. The summed E-state index contributed by atoms with van der Waals surface area (Å²) >= 11 is 1.75. The number of hydrogen-bond acceptors (Lipinski definition) is 5. The van der Waals surface area contributed by atoms with E-state index in [1.165, 1.54) is 15.8 Å². The van der Waals surface area contributed by atoms with E-state index >= 15 is 0 Å². The largest absolute Gasteiger partial charge is 0.345 e. The maximum atomic E-state index is 12.7. The van der Waals surface area contributed by atoms with Gasteiger partial charge in [0.05, 0.1) is 10.2 Å². The highest BCUT2D eigenvalue weighted by atomic mass is 32.1. The molecule has 1 aromatic carbocycles. The Hall–Kier alpha value is -2.41. The summed E-state index contributed by atoms with van der Waals surface area (Å²) in [5, 5.41) is 5.26. The Morgan fingerprint density at radius 3 is 2.69 bits per heavy atom. The zero-order valence-electron chi connectivity index (χ0n) is 15.4. The van der Waals surface area contributed by atoms with Gasteiger partial charge in [-0.05, 0) is 44.0 Å². The van der Waals surface area contributed by atoms with Gasteiger partial charge in [-0.3, -0.25) is 9.48 Å². The van der Waals surface area contributed by atoms with E-state index in [0.29, 0.717) is 25.3 Å². The maximum Gasteiger partial charge on any atom is 0.272 e. The van der Waals surface area contributed by atoms with Gasteiger partial charge >= 0.3 is 0 Å². The molecule has 6 nitrogen and oxygen atoms in total. The first-order valence-corrected chi connectivity index (χ1v) is 9.82. The van der Waals surface area contributed by atoms with Gasteiger partial charge in [-0.2, -0.15) is 5.10 Å². The van der Waals surface area contributed by atoms with Crippen molar-refractivity contribution in [2.45, 2.75) is 27.3 Å². The third-order valence-electron chi connectivity index (χ3n) is 4.88. The predicted molar refractivity (Wildman–Crippen MR) is 105 cm³/mol. The Labute approximate surface area is 157 Å². The lowest BCUT2D eigenvalue weighted by Gasteiger charge is -2.34. The van der Waals surface area contributed by atoms with Crippen molar-refractivity contribution in [3.8, 4) is 0 Å². The molecule has 1 aliphatic heterocycles. The number of carbonyl (C=O) groups excluding carboxylic acids is 1. The molecular weight excluding hydrogens is 346 g/mol. The second-order valence-electron chi connectivity index (χ2n) is 6.74. The Kier molecular flexibility index (Phi) is 4.40. The van der Waals surface area contributed by atoms with E-state index in [1.54, 1.807) is 28.3 Å². The van der Waals surface area contributed by atoms with Crippen molar-refractivity contribution in [3.63, 3.8) is 0 Å². The molecule has 3 aromatic rings. The second kappa shape index (κ2) is 6.72. The van der Waals surface area contributed by atoms with Gasteiger partial charge in [0.15, 0.2) is 5.13 Å². The summed E-state index contributed by atoms with van der Waals surface area (Å²) in [5.41, 5.74) is 4.28. The number of thiazole rings is 1. The first kappa shape index (κ1) is 17.0. The summed E-state index contributed by atoms with van der Waals surface area (Å²) in [6.07, 6.45) is 1.69. The second-order valence-corrected chi connectivity index (χ2v) is 7.72. The summed E-state index contributed by atoms with van der Waals surface area (Å²) in [5.74, 6) is 0.0692. The van der Waals surface area contributed by atoms with Crippen LogP contribution in [-0.4, -0.2) is 51.8 Å². The fraction of sp³-hybridized carbons (Fsp3) is 0.421. The van der Waals surface area contributed by atoms with Gasteiger partial charge in [0.2, 0.25) is 0 Å². The zero-order valence-corrected chi connectivity index (χ0v) is 16.2. The molecule has 4 rings (SSSR count). The van der Waals surface area contributed by atoms with Crippen LogP contribution in [0.1, 0.15) is 28.5 Å². The standard InChI is InChI=1S/C19H23N5OS/c1-4-24-16(5-6-20-24)18(25)22-7-9-23(10-8-22)19-21-15-12-13(2)11-14(3)17(15)26-19/h5-6,11-12H,4,7-10H2,1-3H3. The highest BCUT2D eigenvalue weighted by Crippen LogP contribution is 2.32. The average molecular weight is 369 g/mol. The summed E-state index contributed by atoms with van der Waals surface area (Å²) in [6, 6.07) is 6.16. The van der Waals surface area contributed by atoms with Crippen LogP contribution in [0.5, 0.6) is 0 Å². The molecule has 0 aliphatic carbocycles. The molecule has 1 aliphatic rings. The molecule has 2 aromatic heterocycles. The van der Waals surface area contributed by atoms with Crippen LogP contribution < -0.4 is 4.90 Å². The number of piperazine rings is 1. The number of hydrogen-bond donors (Lipinski definition) is 0. The molecule has 0 unspecified atom stereocenters. The fourth-order valence-corrected chi connectivity index (χ4v) is 4.60. The monoisotopic (exact) mass is 369 g/mol. The average Bonchev–Trinajstić information content (AvgIpc) is 3.28. The van der Waals surface area contributed by atoms with E-state index in [4.69, 9.17) is 4.98 Å². The minimum atomic E-state index is 0.0692. The number of aryl methyl sites for hydroxylation is 3. The van der Waals surface area contributed by atoms with Crippen molar-refractivity contribution in [2.24, 2.45) is 0 Å². The third kappa shape index (κ3) is 2.96. The van der Waals surface area contributed by atoms with Crippen molar-refractivity contribution in [3.05, 3.63) is 41.2 Å². The highest BCUT2D eigenvalue weighted by molar-refractivity contribution is 7.22. The minimum absolute atomic E-state index is 0.0692. The number of aromatic nitrogens is 3. The Balaban J connectivity index is 1.48. The van der Waals surface area contributed by atoms with E-state index in [0.717, 1.165) is 23.7 Å². The van der Waals surface area contributed by atoms with Crippen LogP contribution in [0.3, 0.4) is 0 Å². The molecule has 7 heteroatoms. The quantitative estimate of drug-likeness (QED) is 0.712. The van der Waals surface area contributed by atoms with Gasteiger partial charge in [0, 0.05) is 38.9 Å². The summed E-state index contributed by atoms with van der Waals surface area (Å²) in [7, 11) is 0. The Bertz CT molecular complexity index is 952. The molecule has 1 saturated heterocycles. The van der Waals surface area contributed by atoms with Gasteiger partial charge in [0.25, 0.3) is 5.91 Å². The SMILES string of the molecule is CCn1nccc1C(=O)N1CCN(c2nc3cc(C)cc(C)c3s2)CC1. The maximum absolute atomic E-state index is 12.7. The van der Waals surface area contributed by atoms with Crippen LogP contribution in [-0.2, 0) is 6.54 Å². The molecule has 0 bridgehead atoms. The van der Waals surface area contributed by atoms with E-state index in [9.17, 15) is 4.79 Å². The van der Waals surface area contributed by atoms with Crippen LogP contribution in [0, 0.1) is 13.8 Å². The molecular formula is C19H23N5OS. The first-order valence-electron chi connectivity index (χ1n) is 9.00. The normalized spacial score (nSPS) is 15.0. The molecule has 1 amide bonds. The smallest absolute Gasteiger partial charge is 0.272 e. The minimum Gasteiger partial charge on any atom is -0.345 e. The third-order valence-corrected chi connectivity index (χ3v) is 6.15. The molecule has 26 heavy (non-hydrogen) atoms. The molecule has 0 N–H and O–H groups in total. The number of carbonyl (C=O) groups is 1. The molecule has 1 fully saturated rings. The van der Waals surface area contributed by atoms with E-state index < -0.39 is 0 Å². The Morgan fingerprint density at radius 1 is 1.19 bits per heavy atom. The van der Waals surface area contributed by atoms with Crippen molar-refractivity contribution < 1.29 is 4.79 Å². The van der Waals surface area contributed by atoms with Crippen molar-refractivity contribution in [1.29, 1.82) is 0 Å². The van der Waals surface area contributed by atoms with Gasteiger partial charge in [-0.15, -0.1) is 0 Å². The molecule has 3 heterocycles. The summed E-state index contributed by atoms with van der Waals surface area (Å²) < 4.78 is 3.02. The van der Waals surface area contributed by atoms with Gasteiger partial charge in [-0.25, -0.2) is 4.98 Å². The number of benzene rings is 1. The van der Waals surface area contributed by atoms with E-state index in [2.05, 4.69) is 36.0 Å². The van der Waals surface area contributed by atoms with Crippen LogP contribution in [0.4, 0.5) is 5.13 Å². The number of fused-ring (bicyclic) bond motifs is 1. The zero-order chi connectivity index (χ0) is 18.3.